The van der Waals surface area contributed by atoms with Crippen LogP contribution in [0, 0.1) is 5.82 Å². The third-order valence-corrected chi connectivity index (χ3v) is 6.15. The van der Waals surface area contributed by atoms with Gasteiger partial charge < -0.3 is 10.2 Å². The second kappa shape index (κ2) is 10.2. The number of amidine groups is 1. The van der Waals surface area contributed by atoms with Crippen molar-refractivity contribution >= 4 is 35.2 Å². The zero-order chi connectivity index (χ0) is 17.6. The topological polar surface area (TPSA) is 44.7 Å². The SMILES string of the molecule is CN1/C(=N/C2CCCCC2)SCC1CC(=O)NCc1ccc(F)cc1.Cl. The molecule has 1 saturated heterocycles. The average molecular weight is 400 g/mol. The maximum atomic E-state index is 12.9. The van der Waals surface area contributed by atoms with Gasteiger partial charge in [-0.1, -0.05) is 43.2 Å². The van der Waals surface area contributed by atoms with E-state index in [1.165, 1.54) is 44.2 Å². The van der Waals surface area contributed by atoms with E-state index in [4.69, 9.17) is 4.99 Å². The second-order valence-electron chi connectivity index (χ2n) is 6.89. The van der Waals surface area contributed by atoms with E-state index in [1.807, 2.05) is 7.05 Å². The van der Waals surface area contributed by atoms with Gasteiger partial charge in [0.25, 0.3) is 0 Å². The van der Waals surface area contributed by atoms with Crippen LogP contribution in [0.5, 0.6) is 0 Å². The van der Waals surface area contributed by atoms with E-state index in [-0.39, 0.29) is 30.2 Å². The Bertz CT molecular complexity index is 620. The molecule has 3 rings (SSSR count). The molecular weight excluding hydrogens is 373 g/mol. The van der Waals surface area contributed by atoms with Gasteiger partial charge in [0, 0.05) is 31.8 Å². The molecule has 1 aromatic carbocycles. The summed E-state index contributed by atoms with van der Waals surface area (Å²) < 4.78 is 12.9. The van der Waals surface area contributed by atoms with E-state index >= 15 is 0 Å². The average Bonchev–Trinajstić information content (AvgIpc) is 2.95. The number of carbonyl (C=O) groups is 1. The lowest BCUT2D eigenvalue weighted by Crippen LogP contribution is -2.36. The number of nitrogens with one attached hydrogen (secondary N) is 1. The zero-order valence-corrected chi connectivity index (χ0v) is 16.8. The first kappa shape index (κ1) is 21.0. The van der Waals surface area contributed by atoms with E-state index < -0.39 is 0 Å². The van der Waals surface area contributed by atoms with E-state index in [0.717, 1.165) is 16.5 Å². The molecule has 1 aliphatic carbocycles. The van der Waals surface area contributed by atoms with Crippen LogP contribution in [0.4, 0.5) is 4.39 Å². The fourth-order valence-electron chi connectivity index (χ4n) is 3.32. The molecule has 4 nitrogen and oxygen atoms in total. The van der Waals surface area contributed by atoms with Crippen LogP contribution in [0.1, 0.15) is 44.1 Å². The molecule has 1 atom stereocenters. The molecule has 144 valence electrons. The minimum absolute atomic E-state index is 0. The molecule has 1 unspecified atom stereocenters. The summed E-state index contributed by atoms with van der Waals surface area (Å²) in [4.78, 5) is 19.3. The van der Waals surface area contributed by atoms with E-state index in [2.05, 4.69) is 10.2 Å². The van der Waals surface area contributed by atoms with Gasteiger partial charge in [0.15, 0.2) is 5.17 Å². The van der Waals surface area contributed by atoms with Gasteiger partial charge in [0.05, 0.1) is 6.04 Å². The highest BCUT2D eigenvalue weighted by Gasteiger charge is 2.29. The number of thioether (sulfide) groups is 1. The molecule has 1 aromatic rings. The van der Waals surface area contributed by atoms with Crippen LogP contribution < -0.4 is 5.32 Å². The molecule has 1 amide bonds. The van der Waals surface area contributed by atoms with Crippen LogP contribution in [0.15, 0.2) is 29.3 Å². The monoisotopic (exact) mass is 399 g/mol. The standard InChI is InChI=1S/C19H26FN3OS.ClH/c1-23-17(13-25-19(23)22-16-5-3-2-4-6-16)11-18(24)21-12-14-7-9-15(20)10-8-14;/h7-10,16-17H,2-6,11-13H2,1H3,(H,21,24);1H/b22-19-;. The van der Waals surface area contributed by atoms with Crippen LogP contribution >= 0.6 is 24.2 Å². The third kappa shape index (κ3) is 5.88. The Hall–Kier alpha value is -1.27. The van der Waals surface area contributed by atoms with Crippen LogP contribution in [0.3, 0.4) is 0 Å². The highest BCUT2D eigenvalue weighted by molar-refractivity contribution is 8.14. The van der Waals surface area contributed by atoms with Crippen molar-refractivity contribution in [2.75, 3.05) is 12.8 Å². The van der Waals surface area contributed by atoms with Crippen molar-refractivity contribution in [3.8, 4) is 0 Å². The van der Waals surface area contributed by atoms with Gasteiger partial charge in [-0.05, 0) is 30.5 Å². The summed E-state index contributed by atoms with van der Waals surface area (Å²) in [5.41, 5.74) is 0.906. The lowest BCUT2D eigenvalue weighted by molar-refractivity contribution is -0.121. The quantitative estimate of drug-likeness (QED) is 0.814. The molecule has 2 aliphatic rings. The summed E-state index contributed by atoms with van der Waals surface area (Å²) in [6, 6.07) is 6.88. The lowest BCUT2D eigenvalue weighted by Gasteiger charge is -2.23. The van der Waals surface area contributed by atoms with Crippen molar-refractivity contribution < 1.29 is 9.18 Å². The molecule has 1 saturated carbocycles. The molecular formula is C19H27ClFN3OS. The zero-order valence-electron chi connectivity index (χ0n) is 15.1. The summed E-state index contributed by atoms with van der Waals surface area (Å²) >= 11 is 1.76. The fraction of sp³-hybridized carbons (Fsp3) is 0.579. The molecule has 2 fully saturated rings. The Morgan fingerprint density at radius 2 is 1.96 bits per heavy atom. The number of halogens is 2. The number of carbonyl (C=O) groups excluding carboxylic acids is 1. The van der Waals surface area contributed by atoms with Crippen molar-refractivity contribution in [3.05, 3.63) is 35.6 Å². The molecule has 1 heterocycles. The Labute approximate surface area is 165 Å². The van der Waals surface area contributed by atoms with Crippen molar-refractivity contribution in [3.63, 3.8) is 0 Å². The Balaban J connectivity index is 0.00000243. The van der Waals surface area contributed by atoms with Crippen LogP contribution in [-0.2, 0) is 11.3 Å². The molecule has 0 spiro atoms. The molecule has 1 N–H and O–H groups in total. The first-order chi connectivity index (χ1) is 12.1. The highest BCUT2D eigenvalue weighted by Crippen LogP contribution is 2.28. The summed E-state index contributed by atoms with van der Waals surface area (Å²) in [6.45, 7) is 0.436. The van der Waals surface area contributed by atoms with Crippen LogP contribution in [0.25, 0.3) is 0 Å². The minimum atomic E-state index is -0.260. The summed E-state index contributed by atoms with van der Waals surface area (Å²) in [7, 11) is 2.04. The normalized spacial score (nSPS) is 22.3. The Morgan fingerprint density at radius 1 is 1.27 bits per heavy atom. The summed E-state index contributed by atoms with van der Waals surface area (Å²) in [6.07, 6.45) is 6.76. The highest BCUT2D eigenvalue weighted by atomic mass is 35.5. The van der Waals surface area contributed by atoms with E-state index in [1.54, 1.807) is 23.9 Å². The van der Waals surface area contributed by atoms with Crippen LogP contribution in [-0.4, -0.2) is 40.9 Å². The first-order valence-corrected chi connectivity index (χ1v) is 10.0. The fourth-order valence-corrected chi connectivity index (χ4v) is 4.58. The Morgan fingerprint density at radius 3 is 2.65 bits per heavy atom. The smallest absolute Gasteiger partial charge is 0.222 e. The number of aliphatic imine (C=N–C) groups is 1. The molecule has 0 bridgehead atoms. The molecule has 7 heteroatoms. The maximum Gasteiger partial charge on any atom is 0.222 e. The second-order valence-corrected chi connectivity index (χ2v) is 7.87. The number of hydrogen-bond acceptors (Lipinski definition) is 3. The predicted octanol–water partition coefficient (Wildman–Crippen LogP) is 3.99. The van der Waals surface area contributed by atoms with Gasteiger partial charge in [-0.25, -0.2) is 4.39 Å². The van der Waals surface area contributed by atoms with E-state index in [9.17, 15) is 9.18 Å². The summed E-state index contributed by atoms with van der Waals surface area (Å²) in [5, 5.41) is 4.01. The maximum absolute atomic E-state index is 12.9. The predicted molar refractivity (Wildman–Crippen MR) is 108 cm³/mol. The number of benzene rings is 1. The molecule has 0 aromatic heterocycles. The molecule has 1 aliphatic heterocycles. The number of nitrogens with zero attached hydrogens (tertiary/aromatic N) is 2. The van der Waals surface area contributed by atoms with Gasteiger partial charge in [0.2, 0.25) is 5.91 Å². The number of amides is 1. The Kier molecular flexibility index (Phi) is 8.22. The lowest BCUT2D eigenvalue weighted by atomic mass is 9.96. The van der Waals surface area contributed by atoms with Crippen molar-refractivity contribution in [2.45, 2.75) is 57.2 Å². The van der Waals surface area contributed by atoms with Crippen molar-refractivity contribution in [1.29, 1.82) is 0 Å². The van der Waals surface area contributed by atoms with Crippen molar-refractivity contribution in [1.82, 2.24) is 10.2 Å². The summed E-state index contributed by atoms with van der Waals surface area (Å²) in [5.74, 6) is 0.677. The van der Waals surface area contributed by atoms with Gasteiger partial charge in [0.1, 0.15) is 5.82 Å². The van der Waals surface area contributed by atoms with Crippen LogP contribution in [0.2, 0.25) is 0 Å². The van der Waals surface area contributed by atoms with Gasteiger partial charge in [-0.2, -0.15) is 0 Å². The minimum Gasteiger partial charge on any atom is -0.352 e. The first-order valence-electron chi connectivity index (χ1n) is 9.06. The van der Waals surface area contributed by atoms with Gasteiger partial charge >= 0.3 is 0 Å². The van der Waals surface area contributed by atoms with Crippen molar-refractivity contribution in [2.24, 2.45) is 4.99 Å². The molecule has 26 heavy (non-hydrogen) atoms. The van der Waals surface area contributed by atoms with Gasteiger partial charge in [-0.15, -0.1) is 12.4 Å². The third-order valence-electron chi connectivity index (χ3n) is 4.95. The van der Waals surface area contributed by atoms with Gasteiger partial charge in [-0.3, -0.25) is 9.79 Å². The number of hydrogen-bond donors (Lipinski definition) is 1. The van der Waals surface area contributed by atoms with E-state index in [0.29, 0.717) is 19.0 Å². The largest absolute Gasteiger partial charge is 0.352 e. The number of rotatable bonds is 5. The molecule has 0 radical (unpaired) electrons.